The normalized spacial score (nSPS) is 14.3. The van der Waals surface area contributed by atoms with Crippen molar-refractivity contribution < 1.29 is 4.79 Å². The van der Waals surface area contributed by atoms with E-state index in [1.807, 2.05) is 15.6 Å². The zero-order chi connectivity index (χ0) is 15.5. The molecule has 0 bridgehead atoms. The first-order valence-electron chi connectivity index (χ1n) is 7.25. The highest BCUT2D eigenvalue weighted by Gasteiger charge is 2.18. The van der Waals surface area contributed by atoms with E-state index >= 15 is 0 Å². The molecule has 8 heteroatoms. The minimum Gasteiger partial charge on any atom is -0.368 e. The van der Waals surface area contributed by atoms with Gasteiger partial charge in [-0.3, -0.25) is 9.48 Å². The van der Waals surface area contributed by atoms with Crippen molar-refractivity contribution in [2.45, 2.75) is 33.0 Å². The number of fused-ring (bicyclic) bond motifs is 1. The summed E-state index contributed by atoms with van der Waals surface area (Å²) in [5, 5.41) is 7.76. The zero-order valence-corrected chi connectivity index (χ0v) is 12.5. The van der Waals surface area contributed by atoms with Crippen LogP contribution in [0, 0.1) is 0 Å². The molecule has 0 unspecified atom stereocenters. The fraction of sp³-hybridized carbons (Fsp3) is 0.429. The van der Waals surface area contributed by atoms with Crippen LogP contribution in [-0.4, -0.2) is 37.1 Å². The summed E-state index contributed by atoms with van der Waals surface area (Å²) in [5.41, 5.74) is 7.52. The van der Waals surface area contributed by atoms with Crippen LogP contribution in [0.4, 0.5) is 11.8 Å². The number of nitrogens with two attached hydrogens (primary N) is 1. The van der Waals surface area contributed by atoms with E-state index in [-0.39, 0.29) is 11.9 Å². The molecule has 1 amide bonds. The van der Waals surface area contributed by atoms with Crippen LogP contribution in [0.3, 0.4) is 0 Å². The molecule has 1 aliphatic rings. The predicted molar refractivity (Wildman–Crippen MR) is 81.7 cm³/mol. The lowest BCUT2D eigenvalue weighted by molar-refractivity contribution is -0.129. The van der Waals surface area contributed by atoms with E-state index in [0.717, 1.165) is 30.9 Å². The smallest absolute Gasteiger partial charge is 0.221 e. The van der Waals surface area contributed by atoms with Crippen molar-refractivity contribution >= 4 is 17.7 Å². The minimum absolute atomic E-state index is 0.103. The van der Waals surface area contributed by atoms with Gasteiger partial charge in [0.15, 0.2) is 0 Å². The number of nitrogens with zero attached hydrogens (tertiary/aromatic N) is 5. The molecule has 2 aromatic heterocycles. The lowest BCUT2D eigenvalue weighted by Crippen LogP contribution is -2.28. The maximum Gasteiger partial charge on any atom is 0.221 e. The molecule has 2 aromatic rings. The van der Waals surface area contributed by atoms with E-state index in [2.05, 4.69) is 20.4 Å². The molecule has 0 spiro atoms. The number of aryl methyl sites for hydroxylation is 1. The molecule has 3 rings (SSSR count). The zero-order valence-electron chi connectivity index (χ0n) is 12.5. The van der Waals surface area contributed by atoms with Gasteiger partial charge in [0.1, 0.15) is 5.82 Å². The topological polar surface area (TPSA) is 102 Å². The van der Waals surface area contributed by atoms with Crippen LogP contribution in [0.5, 0.6) is 0 Å². The third kappa shape index (κ3) is 3.16. The molecule has 0 radical (unpaired) electrons. The van der Waals surface area contributed by atoms with Crippen molar-refractivity contribution in [1.29, 1.82) is 0 Å². The van der Waals surface area contributed by atoms with Gasteiger partial charge < -0.3 is 16.0 Å². The Hall–Kier alpha value is -2.64. The number of hydrogen-bond donors (Lipinski definition) is 2. The maximum absolute atomic E-state index is 11.6. The van der Waals surface area contributed by atoms with Gasteiger partial charge in [0, 0.05) is 26.2 Å². The Labute approximate surface area is 128 Å². The first kappa shape index (κ1) is 14.3. The molecule has 3 heterocycles. The van der Waals surface area contributed by atoms with Gasteiger partial charge in [-0.25, -0.2) is 4.98 Å². The average molecular weight is 301 g/mol. The fourth-order valence-corrected chi connectivity index (χ4v) is 2.53. The maximum atomic E-state index is 11.6. The Morgan fingerprint density at radius 3 is 3.09 bits per heavy atom. The predicted octanol–water partition coefficient (Wildman–Crippen LogP) is 0.620. The summed E-state index contributed by atoms with van der Waals surface area (Å²) in [4.78, 5) is 21.4. The summed E-state index contributed by atoms with van der Waals surface area (Å²) in [7, 11) is 0. The van der Waals surface area contributed by atoms with Crippen LogP contribution in [0.25, 0.3) is 0 Å². The van der Waals surface area contributed by atoms with Crippen LogP contribution >= 0.6 is 0 Å². The summed E-state index contributed by atoms with van der Waals surface area (Å²) in [6.07, 6.45) is 2.53. The SMILES string of the molecule is CC(=O)N1CCCn2nc(CNc3ccnc(N)n3)cc2C1. The molecule has 8 nitrogen and oxygen atoms in total. The van der Waals surface area contributed by atoms with Crippen LogP contribution in [0.15, 0.2) is 18.3 Å². The van der Waals surface area contributed by atoms with E-state index in [4.69, 9.17) is 5.73 Å². The Balaban J connectivity index is 1.69. The van der Waals surface area contributed by atoms with Gasteiger partial charge in [-0.05, 0) is 18.6 Å². The number of rotatable bonds is 3. The van der Waals surface area contributed by atoms with E-state index in [0.29, 0.717) is 18.9 Å². The number of nitrogen functional groups attached to an aromatic ring is 1. The van der Waals surface area contributed by atoms with Crippen molar-refractivity contribution in [3.8, 4) is 0 Å². The number of hydrogen-bond acceptors (Lipinski definition) is 6. The Morgan fingerprint density at radius 2 is 2.32 bits per heavy atom. The molecule has 0 fully saturated rings. The van der Waals surface area contributed by atoms with Gasteiger partial charge in [0.25, 0.3) is 0 Å². The van der Waals surface area contributed by atoms with Gasteiger partial charge in [0.2, 0.25) is 11.9 Å². The Bertz CT molecular complexity index is 682. The number of carbonyl (C=O) groups is 1. The molecule has 22 heavy (non-hydrogen) atoms. The van der Waals surface area contributed by atoms with Crippen molar-refractivity contribution in [3.05, 3.63) is 29.7 Å². The molecule has 0 atom stereocenters. The molecular formula is C14H19N7O. The number of anilines is 2. The highest BCUT2D eigenvalue weighted by Crippen LogP contribution is 2.15. The van der Waals surface area contributed by atoms with E-state index in [9.17, 15) is 4.79 Å². The van der Waals surface area contributed by atoms with Crippen molar-refractivity contribution in [2.75, 3.05) is 17.6 Å². The van der Waals surface area contributed by atoms with Crippen molar-refractivity contribution in [2.24, 2.45) is 0 Å². The summed E-state index contributed by atoms with van der Waals surface area (Å²) >= 11 is 0. The Kier molecular flexibility index (Phi) is 3.90. The number of amides is 1. The van der Waals surface area contributed by atoms with Crippen LogP contribution < -0.4 is 11.1 Å². The van der Waals surface area contributed by atoms with Gasteiger partial charge >= 0.3 is 0 Å². The molecule has 0 aliphatic carbocycles. The van der Waals surface area contributed by atoms with Crippen LogP contribution in [-0.2, 0) is 24.4 Å². The molecule has 0 saturated carbocycles. The highest BCUT2D eigenvalue weighted by molar-refractivity contribution is 5.73. The molecule has 3 N–H and O–H groups in total. The van der Waals surface area contributed by atoms with Crippen LogP contribution in [0.1, 0.15) is 24.7 Å². The quantitative estimate of drug-likeness (QED) is 0.861. The van der Waals surface area contributed by atoms with E-state index < -0.39 is 0 Å². The summed E-state index contributed by atoms with van der Waals surface area (Å²) in [5.74, 6) is 1.01. The van der Waals surface area contributed by atoms with Gasteiger partial charge in [-0.15, -0.1) is 0 Å². The standard InChI is InChI=1S/C14H19N7O/c1-10(22)20-5-2-6-21-12(9-20)7-11(19-21)8-17-13-3-4-16-14(15)18-13/h3-4,7H,2,5-6,8-9H2,1H3,(H3,15,16,17,18). The Morgan fingerprint density at radius 1 is 1.45 bits per heavy atom. The van der Waals surface area contributed by atoms with Crippen LogP contribution in [0.2, 0.25) is 0 Å². The average Bonchev–Trinajstić information content (AvgIpc) is 2.75. The van der Waals surface area contributed by atoms with Crippen molar-refractivity contribution in [3.63, 3.8) is 0 Å². The van der Waals surface area contributed by atoms with Crippen molar-refractivity contribution in [1.82, 2.24) is 24.6 Å². The highest BCUT2D eigenvalue weighted by atomic mass is 16.2. The molecule has 1 aliphatic heterocycles. The minimum atomic E-state index is 0.103. The summed E-state index contributed by atoms with van der Waals surface area (Å²) in [6.45, 7) is 4.39. The lowest BCUT2D eigenvalue weighted by atomic mass is 10.3. The molecule has 0 aromatic carbocycles. The first-order chi connectivity index (χ1) is 10.6. The summed E-state index contributed by atoms with van der Waals surface area (Å²) in [6, 6.07) is 3.79. The number of nitrogens with one attached hydrogen (secondary N) is 1. The first-order valence-corrected chi connectivity index (χ1v) is 7.25. The van der Waals surface area contributed by atoms with E-state index in [1.165, 1.54) is 0 Å². The second-order valence-electron chi connectivity index (χ2n) is 5.30. The largest absolute Gasteiger partial charge is 0.368 e. The summed E-state index contributed by atoms with van der Waals surface area (Å²) < 4.78 is 1.98. The second kappa shape index (κ2) is 6.00. The second-order valence-corrected chi connectivity index (χ2v) is 5.30. The van der Waals surface area contributed by atoms with Gasteiger partial charge in [0.05, 0.1) is 24.5 Å². The molecule has 116 valence electrons. The third-order valence-electron chi connectivity index (χ3n) is 3.63. The number of carbonyl (C=O) groups excluding carboxylic acids is 1. The molecule has 0 saturated heterocycles. The third-order valence-corrected chi connectivity index (χ3v) is 3.63. The monoisotopic (exact) mass is 301 g/mol. The van der Waals surface area contributed by atoms with Gasteiger partial charge in [-0.2, -0.15) is 10.1 Å². The van der Waals surface area contributed by atoms with Gasteiger partial charge in [-0.1, -0.05) is 0 Å². The van der Waals surface area contributed by atoms with E-state index in [1.54, 1.807) is 19.2 Å². The lowest BCUT2D eigenvalue weighted by Gasteiger charge is -2.17. The number of aromatic nitrogens is 4. The fourth-order valence-electron chi connectivity index (χ4n) is 2.53. The molecular weight excluding hydrogens is 282 g/mol.